The van der Waals surface area contributed by atoms with Crippen LogP contribution in [0.4, 0.5) is 0 Å². The van der Waals surface area contributed by atoms with Crippen molar-refractivity contribution in [2.24, 2.45) is 5.73 Å². The first kappa shape index (κ1) is 19.1. The smallest absolute Gasteiger partial charge is 0.222 e. The number of carbonyl (C=O) groups excluding carboxylic acids is 1. The normalized spacial score (nSPS) is 11.7. The fourth-order valence-corrected chi connectivity index (χ4v) is 2.02. The SMILES string of the molecule is COc1cc(OC)cc(OCCCN(C)C(=O)CCC(C)N)c1. The van der Waals surface area contributed by atoms with Crippen LogP contribution in [-0.4, -0.2) is 51.3 Å². The van der Waals surface area contributed by atoms with Gasteiger partial charge in [0.05, 0.1) is 20.8 Å². The van der Waals surface area contributed by atoms with Crippen LogP contribution in [0.2, 0.25) is 0 Å². The minimum atomic E-state index is 0.0544. The summed E-state index contributed by atoms with van der Waals surface area (Å²) in [5.74, 6) is 2.17. The summed E-state index contributed by atoms with van der Waals surface area (Å²) in [6.07, 6.45) is 1.95. The lowest BCUT2D eigenvalue weighted by Gasteiger charge is -2.18. The van der Waals surface area contributed by atoms with Crippen LogP contribution in [-0.2, 0) is 4.79 Å². The zero-order valence-corrected chi connectivity index (χ0v) is 14.5. The Morgan fingerprint density at radius 3 is 2.26 bits per heavy atom. The van der Waals surface area contributed by atoms with E-state index in [9.17, 15) is 4.79 Å². The molecule has 6 heteroatoms. The first-order valence-electron chi connectivity index (χ1n) is 7.81. The summed E-state index contributed by atoms with van der Waals surface area (Å²) in [5.41, 5.74) is 5.66. The second kappa shape index (κ2) is 9.94. The molecule has 0 heterocycles. The van der Waals surface area contributed by atoms with E-state index in [1.165, 1.54) is 0 Å². The maximum Gasteiger partial charge on any atom is 0.222 e. The van der Waals surface area contributed by atoms with Gasteiger partial charge in [0.15, 0.2) is 0 Å². The van der Waals surface area contributed by atoms with Gasteiger partial charge in [0.1, 0.15) is 17.2 Å². The van der Waals surface area contributed by atoms with Gasteiger partial charge in [-0.25, -0.2) is 0 Å². The number of carbonyl (C=O) groups is 1. The quantitative estimate of drug-likeness (QED) is 0.667. The molecule has 23 heavy (non-hydrogen) atoms. The van der Waals surface area contributed by atoms with Crippen molar-refractivity contribution in [1.29, 1.82) is 0 Å². The molecule has 0 bridgehead atoms. The molecule has 1 aromatic rings. The van der Waals surface area contributed by atoms with Gasteiger partial charge in [-0.2, -0.15) is 0 Å². The molecule has 1 amide bonds. The van der Waals surface area contributed by atoms with Crippen molar-refractivity contribution in [2.45, 2.75) is 32.2 Å². The lowest BCUT2D eigenvalue weighted by molar-refractivity contribution is -0.130. The number of methoxy groups -OCH3 is 2. The molecule has 0 fully saturated rings. The van der Waals surface area contributed by atoms with E-state index in [0.717, 1.165) is 6.42 Å². The number of benzene rings is 1. The number of hydrogen-bond donors (Lipinski definition) is 1. The Morgan fingerprint density at radius 1 is 1.17 bits per heavy atom. The highest BCUT2D eigenvalue weighted by molar-refractivity contribution is 5.75. The van der Waals surface area contributed by atoms with Gasteiger partial charge in [-0.15, -0.1) is 0 Å². The third kappa shape index (κ3) is 7.23. The largest absolute Gasteiger partial charge is 0.496 e. The highest BCUT2D eigenvalue weighted by Gasteiger charge is 2.09. The molecule has 0 aromatic heterocycles. The summed E-state index contributed by atoms with van der Waals surface area (Å²) in [6.45, 7) is 3.07. The second-order valence-corrected chi connectivity index (χ2v) is 5.58. The minimum Gasteiger partial charge on any atom is -0.496 e. The lowest BCUT2D eigenvalue weighted by atomic mass is 10.2. The van der Waals surface area contributed by atoms with Gasteiger partial charge in [-0.05, 0) is 19.8 Å². The topological polar surface area (TPSA) is 74.0 Å². The maximum absolute atomic E-state index is 11.9. The van der Waals surface area contributed by atoms with Gasteiger partial charge in [-0.1, -0.05) is 0 Å². The summed E-state index contributed by atoms with van der Waals surface area (Å²) >= 11 is 0. The van der Waals surface area contributed by atoms with Gasteiger partial charge in [0.2, 0.25) is 5.91 Å². The average Bonchev–Trinajstić information content (AvgIpc) is 2.55. The number of hydrogen-bond acceptors (Lipinski definition) is 5. The minimum absolute atomic E-state index is 0.0544. The Bertz CT molecular complexity index is 469. The van der Waals surface area contributed by atoms with E-state index in [2.05, 4.69) is 0 Å². The molecule has 1 atom stereocenters. The van der Waals surface area contributed by atoms with Crippen molar-refractivity contribution in [3.63, 3.8) is 0 Å². The zero-order valence-electron chi connectivity index (χ0n) is 14.5. The second-order valence-electron chi connectivity index (χ2n) is 5.58. The van der Waals surface area contributed by atoms with E-state index < -0.39 is 0 Å². The third-order valence-corrected chi connectivity index (χ3v) is 3.47. The summed E-state index contributed by atoms with van der Waals surface area (Å²) in [4.78, 5) is 13.6. The molecule has 0 aliphatic rings. The van der Waals surface area contributed by atoms with E-state index in [4.69, 9.17) is 19.9 Å². The molecule has 0 saturated heterocycles. The standard InChI is InChI=1S/C17H28N2O4/c1-13(18)6-7-17(20)19(2)8-5-9-23-16-11-14(21-3)10-15(12-16)22-4/h10-13H,5-9,18H2,1-4H3. The molecule has 6 nitrogen and oxygen atoms in total. The Labute approximate surface area is 138 Å². The fraction of sp³-hybridized carbons (Fsp3) is 0.588. The van der Waals surface area contributed by atoms with E-state index in [1.807, 2.05) is 6.92 Å². The number of amides is 1. The summed E-state index contributed by atoms with van der Waals surface area (Å²) in [6, 6.07) is 5.45. The van der Waals surface area contributed by atoms with Gasteiger partial charge in [0, 0.05) is 44.3 Å². The molecule has 1 aromatic carbocycles. The van der Waals surface area contributed by atoms with Crippen LogP contribution in [0.15, 0.2) is 18.2 Å². The highest BCUT2D eigenvalue weighted by Crippen LogP contribution is 2.27. The van der Waals surface area contributed by atoms with E-state index in [1.54, 1.807) is 44.4 Å². The van der Waals surface area contributed by atoms with Crippen LogP contribution >= 0.6 is 0 Å². The molecular formula is C17H28N2O4. The Kier molecular flexibility index (Phi) is 8.26. The van der Waals surface area contributed by atoms with Crippen LogP contribution < -0.4 is 19.9 Å². The number of rotatable bonds is 10. The summed E-state index contributed by atoms with van der Waals surface area (Å²) in [7, 11) is 5.00. The first-order chi connectivity index (χ1) is 11.0. The van der Waals surface area contributed by atoms with Crippen molar-refractivity contribution >= 4 is 5.91 Å². The van der Waals surface area contributed by atoms with Crippen molar-refractivity contribution in [2.75, 3.05) is 34.4 Å². The van der Waals surface area contributed by atoms with E-state index in [0.29, 0.717) is 43.2 Å². The molecule has 130 valence electrons. The summed E-state index contributed by atoms with van der Waals surface area (Å²) in [5, 5.41) is 0. The number of ether oxygens (including phenoxy) is 3. The van der Waals surface area contributed by atoms with Gasteiger partial charge >= 0.3 is 0 Å². The van der Waals surface area contributed by atoms with Crippen molar-refractivity contribution in [3.05, 3.63) is 18.2 Å². The molecule has 0 aliphatic heterocycles. The predicted octanol–water partition coefficient (Wildman–Crippen LogP) is 2.06. The Morgan fingerprint density at radius 2 is 1.74 bits per heavy atom. The summed E-state index contributed by atoms with van der Waals surface area (Å²) < 4.78 is 16.1. The van der Waals surface area contributed by atoms with Crippen LogP contribution in [0.1, 0.15) is 26.2 Å². The van der Waals surface area contributed by atoms with Crippen molar-refractivity contribution in [1.82, 2.24) is 4.90 Å². The number of nitrogens with zero attached hydrogens (tertiary/aromatic N) is 1. The first-order valence-corrected chi connectivity index (χ1v) is 7.81. The molecule has 0 radical (unpaired) electrons. The molecular weight excluding hydrogens is 296 g/mol. The van der Waals surface area contributed by atoms with Crippen LogP contribution in [0.25, 0.3) is 0 Å². The van der Waals surface area contributed by atoms with Crippen molar-refractivity contribution < 1.29 is 19.0 Å². The molecule has 0 saturated carbocycles. The predicted molar refractivity (Wildman–Crippen MR) is 90.2 cm³/mol. The molecule has 1 rings (SSSR count). The van der Waals surface area contributed by atoms with E-state index in [-0.39, 0.29) is 11.9 Å². The fourth-order valence-electron chi connectivity index (χ4n) is 2.02. The monoisotopic (exact) mass is 324 g/mol. The van der Waals surface area contributed by atoms with Gasteiger partial charge in [-0.3, -0.25) is 4.79 Å². The molecule has 1 unspecified atom stereocenters. The molecule has 0 spiro atoms. The molecule has 0 aliphatic carbocycles. The highest BCUT2D eigenvalue weighted by atomic mass is 16.5. The molecule has 2 N–H and O–H groups in total. The van der Waals surface area contributed by atoms with Crippen LogP contribution in [0.5, 0.6) is 17.2 Å². The number of nitrogens with two attached hydrogens (primary N) is 1. The van der Waals surface area contributed by atoms with Crippen molar-refractivity contribution in [3.8, 4) is 17.2 Å². The van der Waals surface area contributed by atoms with Gasteiger partial charge < -0.3 is 24.8 Å². The average molecular weight is 324 g/mol. The van der Waals surface area contributed by atoms with Gasteiger partial charge in [0.25, 0.3) is 0 Å². The lowest BCUT2D eigenvalue weighted by Crippen LogP contribution is -2.30. The Hall–Kier alpha value is -1.95. The Balaban J connectivity index is 2.35. The van der Waals surface area contributed by atoms with Crippen LogP contribution in [0, 0.1) is 0 Å². The van der Waals surface area contributed by atoms with E-state index >= 15 is 0 Å². The zero-order chi connectivity index (χ0) is 17.2. The maximum atomic E-state index is 11.9. The third-order valence-electron chi connectivity index (χ3n) is 3.47. The van der Waals surface area contributed by atoms with Crippen LogP contribution in [0.3, 0.4) is 0 Å².